The lowest BCUT2D eigenvalue weighted by molar-refractivity contribution is 0.0946. The van der Waals surface area contributed by atoms with E-state index in [9.17, 15) is 9.18 Å². The van der Waals surface area contributed by atoms with Gasteiger partial charge in [0.2, 0.25) is 0 Å². The van der Waals surface area contributed by atoms with Gasteiger partial charge in [0.15, 0.2) is 0 Å². The molecule has 0 aliphatic carbocycles. The van der Waals surface area contributed by atoms with Crippen LogP contribution in [-0.4, -0.2) is 10.9 Å². The molecule has 1 amide bonds. The fourth-order valence-corrected chi connectivity index (χ4v) is 1.93. The van der Waals surface area contributed by atoms with Crippen LogP contribution in [0.2, 0.25) is 10.2 Å². The Morgan fingerprint density at radius 3 is 2.75 bits per heavy atom. The average Bonchev–Trinajstić information content (AvgIpc) is 2.42. The van der Waals surface area contributed by atoms with E-state index < -0.39 is 5.91 Å². The molecule has 0 unspecified atom stereocenters. The van der Waals surface area contributed by atoms with Crippen molar-refractivity contribution in [2.75, 3.05) is 0 Å². The highest BCUT2D eigenvalue weighted by molar-refractivity contribution is 6.34. The van der Waals surface area contributed by atoms with E-state index in [0.29, 0.717) is 11.1 Å². The number of pyridine rings is 1. The summed E-state index contributed by atoms with van der Waals surface area (Å²) in [5, 5.41) is 3.01. The SMILES string of the molecule is Cc1ccc(CNC(=O)c2nc(Cl)ccc2Cl)cc1F. The number of nitrogens with one attached hydrogen (secondary N) is 1. The lowest BCUT2D eigenvalue weighted by atomic mass is 10.1. The first-order valence-electron chi connectivity index (χ1n) is 5.82. The van der Waals surface area contributed by atoms with Gasteiger partial charge >= 0.3 is 0 Å². The third-order valence-corrected chi connectivity index (χ3v) is 3.23. The van der Waals surface area contributed by atoms with E-state index >= 15 is 0 Å². The highest BCUT2D eigenvalue weighted by Gasteiger charge is 2.12. The zero-order valence-corrected chi connectivity index (χ0v) is 12.1. The number of halogens is 3. The largest absolute Gasteiger partial charge is 0.347 e. The number of aromatic nitrogens is 1. The van der Waals surface area contributed by atoms with Gasteiger partial charge in [-0.25, -0.2) is 9.37 Å². The molecule has 2 aromatic rings. The highest BCUT2D eigenvalue weighted by Crippen LogP contribution is 2.17. The van der Waals surface area contributed by atoms with Crippen molar-refractivity contribution in [1.82, 2.24) is 10.3 Å². The van der Waals surface area contributed by atoms with Crippen LogP contribution in [0.15, 0.2) is 30.3 Å². The predicted molar refractivity (Wildman–Crippen MR) is 76.6 cm³/mol. The van der Waals surface area contributed by atoms with Crippen molar-refractivity contribution in [3.05, 3.63) is 63.1 Å². The maximum Gasteiger partial charge on any atom is 0.271 e. The molecule has 1 heterocycles. The molecule has 0 aliphatic heterocycles. The van der Waals surface area contributed by atoms with Gasteiger partial charge in [0.05, 0.1) is 5.02 Å². The minimum atomic E-state index is -0.460. The molecule has 20 heavy (non-hydrogen) atoms. The van der Waals surface area contributed by atoms with Crippen molar-refractivity contribution in [3.8, 4) is 0 Å². The van der Waals surface area contributed by atoms with Gasteiger partial charge in [0.25, 0.3) is 5.91 Å². The summed E-state index contributed by atoms with van der Waals surface area (Å²) in [6, 6.07) is 7.77. The van der Waals surface area contributed by atoms with Crippen molar-refractivity contribution in [2.45, 2.75) is 13.5 Å². The van der Waals surface area contributed by atoms with Crippen LogP contribution < -0.4 is 5.32 Å². The molecule has 0 fully saturated rings. The summed E-state index contributed by atoms with van der Waals surface area (Å²) in [6.45, 7) is 1.86. The van der Waals surface area contributed by atoms with Gasteiger partial charge < -0.3 is 5.32 Å². The second-order valence-electron chi connectivity index (χ2n) is 4.23. The van der Waals surface area contributed by atoms with Crippen LogP contribution in [0.3, 0.4) is 0 Å². The summed E-state index contributed by atoms with van der Waals surface area (Å²) >= 11 is 11.6. The molecule has 0 atom stereocenters. The summed E-state index contributed by atoms with van der Waals surface area (Å²) in [4.78, 5) is 15.8. The van der Waals surface area contributed by atoms with Crippen LogP contribution in [0.25, 0.3) is 0 Å². The van der Waals surface area contributed by atoms with E-state index in [-0.39, 0.29) is 28.2 Å². The third kappa shape index (κ3) is 3.46. The molecule has 2 rings (SSSR count). The number of hydrogen-bond acceptors (Lipinski definition) is 2. The standard InChI is InChI=1S/C14H11Cl2FN2O/c1-8-2-3-9(6-11(8)17)7-18-14(20)13-10(15)4-5-12(16)19-13/h2-6H,7H2,1H3,(H,18,20). The average molecular weight is 313 g/mol. The van der Waals surface area contributed by atoms with E-state index in [1.54, 1.807) is 19.1 Å². The van der Waals surface area contributed by atoms with Gasteiger partial charge in [-0.15, -0.1) is 0 Å². The number of carbonyl (C=O) groups is 1. The van der Waals surface area contributed by atoms with E-state index in [1.807, 2.05) is 0 Å². The minimum absolute atomic E-state index is 0.0479. The summed E-state index contributed by atoms with van der Waals surface area (Å²) < 4.78 is 13.4. The lowest BCUT2D eigenvalue weighted by Gasteiger charge is -2.07. The van der Waals surface area contributed by atoms with Gasteiger partial charge in [-0.3, -0.25) is 4.79 Å². The number of hydrogen-bond donors (Lipinski definition) is 1. The number of carbonyl (C=O) groups excluding carboxylic acids is 1. The van der Waals surface area contributed by atoms with Crippen LogP contribution in [-0.2, 0) is 6.54 Å². The van der Waals surface area contributed by atoms with Gasteiger partial charge in [0, 0.05) is 6.54 Å². The number of nitrogens with zero attached hydrogens (tertiary/aromatic N) is 1. The zero-order chi connectivity index (χ0) is 14.7. The van der Waals surface area contributed by atoms with Gasteiger partial charge in [-0.2, -0.15) is 0 Å². The molecule has 0 saturated heterocycles. The lowest BCUT2D eigenvalue weighted by Crippen LogP contribution is -2.24. The Kier molecular flexibility index (Phi) is 4.57. The number of benzene rings is 1. The molecular formula is C14H11Cl2FN2O. The highest BCUT2D eigenvalue weighted by atomic mass is 35.5. The maximum absolute atomic E-state index is 13.4. The first-order chi connectivity index (χ1) is 9.47. The fraction of sp³-hybridized carbons (Fsp3) is 0.143. The zero-order valence-electron chi connectivity index (χ0n) is 10.6. The van der Waals surface area contributed by atoms with Crippen molar-refractivity contribution in [3.63, 3.8) is 0 Å². The Morgan fingerprint density at radius 1 is 1.30 bits per heavy atom. The molecule has 1 aromatic heterocycles. The van der Waals surface area contributed by atoms with E-state index in [1.165, 1.54) is 18.2 Å². The van der Waals surface area contributed by atoms with Crippen molar-refractivity contribution >= 4 is 29.1 Å². The Morgan fingerprint density at radius 2 is 2.05 bits per heavy atom. The molecular weight excluding hydrogens is 302 g/mol. The number of amides is 1. The molecule has 0 spiro atoms. The monoisotopic (exact) mass is 312 g/mol. The predicted octanol–water partition coefficient (Wildman–Crippen LogP) is 3.77. The minimum Gasteiger partial charge on any atom is -0.347 e. The summed E-state index contributed by atoms with van der Waals surface area (Å²) in [7, 11) is 0. The fourth-order valence-electron chi connectivity index (χ4n) is 1.59. The first kappa shape index (κ1) is 14.8. The molecule has 0 radical (unpaired) electrons. The molecule has 0 aliphatic rings. The number of aryl methyl sites for hydroxylation is 1. The molecule has 6 heteroatoms. The van der Waals surface area contributed by atoms with Gasteiger partial charge in [0.1, 0.15) is 16.7 Å². The van der Waals surface area contributed by atoms with Crippen LogP contribution in [0.5, 0.6) is 0 Å². The van der Waals surface area contributed by atoms with Crippen LogP contribution in [0, 0.1) is 12.7 Å². The molecule has 0 bridgehead atoms. The quantitative estimate of drug-likeness (QED) is 0.877. The second kappa shape index (κ2) is 6.20. The van der Waals surface area contributed by atoms with Crippen LogP contribution in [0.1, 0.15) is 21.6 Å². The van der Waals surface area contributed by atoms with E-state index in [0.717, 1.165) is 0 Å². The molecule has 3 nitrogen and oxygen atoms in total. The van der Waals surface area contributed by atoms with Gasteiger partial charge in [-0.1, -0.05) is 35.3 Å². The first-order valence-corrected chi connectivity index (χ1v) is 6.58. The Hall–Kier alpha value is -1.65. The van der Waals surface area contributed by atoms with Crippen LogP contribution in [0.4, 0.5) is 4.39 Å². The second-order valence-corrected chi connectivity index (χ2v) is 5.03. The Bertz CT molecular complexity index is 662. The summed E-state index contributed by atoms with van der Waals surface area (Å²) in [5.74, 6) is -0.769. The normalized spacial score (nSPS) is 10.4. The molecule has 0 saturated carbocycles. The van der Waals surface area contributed by atoms with Gasteiger partial charge in [-0.05, 0) is 36.2 Å². The maximum atomic E-state index is 13.4. The number of rotatable bonds is 3. The van der Waals surface area contributed by atoms with Crippen molar-refractivity contribution in [2.24, 2.45) is 0 Å². The topological polar surface area (TPSA) is 42.0 Å². The smallest absolute Gasteiger partial charge is 0.271 e. The molecule has 1 N–H and O–H groups in total. The summed E-state index contributed by atoms with van der Waals surface area (Å²) in [5.41, 5.74) is 1.26. The van der Waals surface area contributed by atoms with Crippen LogP contribution >= 0.6 is 23.2 Å². The van der Waals surface area contributed by atoms with Crippen molar-refractivity contribution < 1.29 is 9.18 Å². The molecule has 104 valence electrons. The third-order valence-electron chi connectivity index (χ3n) is 2.72. The Labute approximate surface area is 125 Å². The van der Waals surface area contributed by atoms with E-state index in [2.05, 4.69) is 10.3 Å². The molecule has 1 aromatic carbocycles. The summed E-state index contributed by atoms with van der Waals surface area (Å²) in [6.07, 6.45) is 0. The van der Waals surface area contributed by atoms with E-state index in [4.69, 9.17) is 23.2 Å². The Balaban J connectivity index is 2.08. The van der Waals surface area contributed by atoms with Crippen molar-refractivity contribution in [1.29, 1.82) is 0 Å².